The van der Waals surface area contributed by atoms with Crippen molar-refractivity contribution in [2.24, 2.45) is 0 Å². The van der Waals surface area contributed by atoms with E-state index in [1.807, 2.05) is 39.0 Å². The SMILES string of the molecule is CC(C)(C)OC(=O)NC/C=C/CNCc1cc(Cl)ccc1Cl. The first-order valence-electron chi connectivity index (χ1n) is 7.04. The average Bonchev–Trinajstić information content (AvgIpc) is 2.39. The predicted molar refractivity (Wildman–Crippen MR) is 91.5 cm³/mol. The van der Waals surface area contributed by atoms with Gasteiger partial charge in [-0.3, -0.25) is 0 Å². The number of nitrogens with one attached hydrogen (secondary N) is 2. The first-order valence-corrected chi connectivity index (χ1v) is 7.80. The van der Waals surface area contributed by atoms with Crippen LogP contribution in [0.5, 0.6) is 0 Å². The summed E-state index contributed by atoms with van der Waals surface area (Å²) in [5, 5.41) is 7.22. The molecular formula is C16H22Cl2N2O2. The van der Waals surface area contributed by atoms with E-state index in [9.17, 15) is 4.79 Å². The summed E-state index contributed by atoms with van der Waals surface area (Å²) < 4.78 is 5.12. The highest BCUT2D eigenvalue weighted by molar-refractivity contribution is 6.33. The highest BCUT2D eigenvalue weighted by Crippen LogP contribution is 2.20. The van der Waals surface area contributed by atoms with Crippen LogP contribution in [0.4, 0.5) is 4.79 Å². The van der Waals surface area contributed by atoms with E-state index in [2.05, 4.69) is 10.6 Å². The second-order valence-corrected chi connectivity index (χ2v) is 6.56. The molecule has 1 aromatic rings. The van der Waals surface area contributed by atoms with Gasteiger partial charge in [-0.15, -0.1) is 0 Å². The van der Waals surface area contributed by atoms with E-state index in [1.165, 1.54) is 0 Å². The van der Waals surface area contributed by atoms with Gasteiger partial charge >= 0.3 is 6.09 Å². The summed E-state index contributed by atoms with van der Waals surface area (Å²) in [6.07, 6.45) is 3.36. The molecule has 1 amide bonds. The van der Waals surface area contributed by atoms with Gasteiger partial charge in [0, 0.05) is 29.7 Å². The molecule has 0 aliphatic rings. The first kappa shape index (κ1) is 18.8. The lowest BCUT2D eigenvalue weighted by Gasteiger charge is -2.19. The molecule has 1 rings (SSSR count). The molecule has 122 valence electrons. The molecule has 0 aliphatic heterocycles. The Kier molecular flexibility index (Phi) is 7.73. The highest BCUT2D eigenvalue weighted by Gasteiger charge is 2.14. The fourth-order valence-electron chi connectivity index (χ4n) is 1.59. The third-order valence-electron chi connectivity index (χ3n) is 2.52. The quantitative estimate of drug-likeness (QED) is 0.601. The van der Waals surface area contributed by atoms with Crippen molar-refractivity contribution in [1.82, 2.24) is 10.6 Å². The number of carbonyl (C=O) groups excluding carboxylic acids is 1. The summed E-state index contributed by atoms with van der Waals surface area (Å²) >= 11 is 12.0. The van der Waals surface area contributed by atoms with E-state index in [4.69, 9.17) is 27.9 Å². The van der Waals surface area contributed by atoms with Gasteiger partial charge in [0.05, 0.1) is 0 Å². The molecular weight excluding hydrogens is 323 g/mol. The zero-order chi connectivity index (χ0) is 16.6. The highest BCUT2D eigenvalue weighted by atomic mass is 35.5. The minimum absolute atomic E-state index is 0.421. The lowest BCUT2D eigenvalue weighted by Crippen LogP contribution is -2.32. The first-order chi connectivity index (χ1) is 10.3. The average molecular weight is 345 g/mol. The Morgan fingerprint density at radius 1 is 1.23 bits per heavy atom. The van der Waals surface area contributed by atoms with Crippen molar-refractivity contribution >= 4 is 29.3 Å². The number of benzene rings is 1. The molecule has 0 aromatic heterocycles. The molecule has 1 aromatic carbocycles. The van der Waals surface area contributed by atoms with Crippen molar-refractivity contribution in [3.8, 4) is 0 Å². The van der Waals surface area contributed by atoms with Gasteiger partial charge in [0.15, 0.2) is 0 Å². The van der Waals surface area contributed by atoms with Crippen LogP contribution in [0.25, 0.3) is 0 Å². The fourth-order valence-corrected chi connectivity index (χ4v) is 1.97. The second-order valence-electron chi connectivity index (χ2n) is 5.72. The van der Waals surface area contributed by atoms with Crippen molar-refractivity contribution in [1.29, 1.82) is 0 Å². The van der Waals surface area contributed by atoms with Crippen molar-refractivity contribution in [2.45, 2.75) is 32.9 Å². The van der Waals surface area contributed by atoms with Crippen LogP contribution in [0, 0.1) is 0 Å². The van der Waals surface area contributed by atoms with E-state index in [0.29, 0.717) is 29.7 Å². The number of amides is 1. The number of rotatable bonds is 6. The predicted octanol–water partition coefficient (Wildman–Crippen LogP) is 4.16. The van der Waals surface area contributed by atoms with Gasteiger partial charge < -0.3 is 15.4 Å². The number of alkyl carbamates (subject to hydrolysis) is 1. The molecule has 22 heavy (non-hydrogen) atoms. The Morgan fingerprint density at radius 2 is 1.91 bits per heavy atom. The second kappa shape index (κ2) is 9.03. The monoisotopic (exact) mass is 344 g/mol. The van der Waals surface area contributed by atoms with Crippen LogP contribution in [0.1, 0.15) is 26.3 Å². The summed E-state index contributed by atoms with van der Waals surface area (Å²) in [6.45, 7) is 7.20. The molecule has 0 saturated heterocycles. The van der Waals surface area contributed by atoms with E-state index >= 15 is 0 Å². The molecule has 0 atom stereocenters. The third-order valence-corrected chi connectivity index (χ3v) is 3.12. The summed E-state index contributed by atoms with van der Waals surface area (Å²) in [7, 11) is 0. The normalized spacial score (nSPS) is 11.7. The van der Waals surface area contributed by atoms with E-state index in [0.717, 1.165) is 5.56 Å². The number of carbonyl (C=O) groups is 1. The van der Waals surface area contributed by atoms with Gasteiger partial charge in [0.2, 0.25) is 0 Å². The maximum Gasteiger partial charge on any atom is 0.407 e. The zero-order valence-corrected chi connectivity index (χ0v) is 14.6. The zero-order valence-electron chi connectivity index (χ0n) is 13.1. The smallest absolute Gasteiger partial charge is 0.407 e. The number of hydrogen-bond acceptors (Lipinski definition) is 3. The van der Waals surface area contributed by atoms with Crippen molar-refractivity contribution in [2.75, 3.05) is 13.1 Å². The van der Waals surface area contributed by atoms with Gasteiger partial charge in [0.25, 0.3) is 0 Å². The molecule has 0 bridgehead atoms. The fraction of sp³-hybridized carbons (Fsp3) is 0.438. The maximum absolute atomic E-state index is 11.4. The van der Waals surface area contributed by atoms with Crippen LogP contribution in [-0.2, 0) is 11.3 Å². The van der Waals surface area contributed by atoms with Gasteiger partial charge in [-0.25, -0.2) is 4.79 Å². The largest absolute Gasteiger partial charge is 0.444 e. The molecule has 0 heterocycles. The summed E-state index contributed by atoms with van der Waals surface area (Å²) in [5.74, 6) is 0. The topological polar surface area (TPSA) is 50.4 Å². The number of halogens is 2. The molecule has 2 N–H and O–H groups in total. The molecule has 0 fully saturated rings. The van der Waals surface area contributed by atoms with Crippen LogP contribution in [-0.4, -0.2) is 24.8 Å². The van der Waals surface area contributed by atoms with Crippen molar-refractivity contribution in [3.05, 3.63) is 46.0 Å². The van der Waals surface area contributed by atoms with Gasteiger partial charge in [-0.1, -0.05) is 35.4 Å². The van der Waals surface area contributed by atoms with Gasteiger partial charge in [0.1, 0.15) is 5.60 Å². The van der Waals surface area contributed by atoms with Crippen LogP contribution in [0.15, 0.2) is 30.4 Å². The molecule has 6 heteroatoms. The lowest BCUT2D eigenvalue weighted by atomic mass is 10.2. The molecule has 0 spiro atoms. The van der Waals surface area contributed by atoms with E-state index in [-0.39, 0.29) is 0 Å². The van der Waals surface area contributed by atoms with Crippen LogP contribution < -0.4 is 10.6 Å². The van der Waals surface area contributed by atoms with Crippen LogP contribution in [0.2, 0.25) is 10.0 Å². The molecule has 0 saturated carbocycles. The molecule has 0 radical (unpaired) electrons. The van der Waals surface area contributed by atoms with Gasteiger partial charge in [-0.2, -0.15) is 0 Å². The van der Waals surface area contributed by atoms with Gasteiger partial charge in [-0.05, 0) is 44.5 Å². The van der Waals surface area contributed by atoms with E-state index in [1.54, 1.807) is 12.1 Å². The Morgan fingerprint density at radius 3 is 2.59 bits per heavy atom. The summed E-state index contributed by atoms with van der Waals surface area (Å²) in [6, 6.07) is 5.38. The van der Waals surface area contributed by atoms with Crippen molar-refractivity contribution in [3.63, 3.8) is 0 Å². The third kappa shape index (κ3) is 8.27. The van der Waals surface area contributed by atoms with E-state index < -0.39 is 11.7 Å². The Balaban J connectivity index is 2.19. The Bertz CT molecular complexity index is 525. The molecule has 4 nitrogen and oxygen atoms in total. The minimum Gasteiger partial charge on any atom is -0.444 e. The number of hydrogen-bond donors (Lipinski definition) is 2. The van der Waals surface area contributed by atoms with Crippen molar-refractivity contribution < 1.29 is 9.53 Å². The van der Waals surface area contributed by atoms with Crippen LogP contribution in [0.3, 0.4) is 0 Å². The standard InChI is InChI=1S/C16H22Cl2N2O2/c1-16(2,3)22-15(21)20-9-5-4-8-19-11-12-10-13(17)6-7-14(12)18/h4-7,10,19H,8-9,11H2,1-3H3,(H,20,21)/b5-4+. The molecule has 0 aliphatic carbocycles. The summed E-state index contributed by atoms with van der Waals surface area (Å²) in [4.78, 5) is 11.4. The number of ether oxygens (including phenoxy) is 1. The minimum atomic E-state index is -0.481. The lowest BCUT2D eigenvalue weighted by molar-refractivity contribution is 0.0534. The Hall–Kier alpha value is -1.23. The summed E-state index contributed by atoms with van der Waals surface area (Å²) in [5.41, 5.74) is 0.473. The molecule has 0 unspecified atom stereocenters. The Labute approximate surface area is 141 Å². The van der Waals surface area contributed by atoms with Crippen LogP contribution >= 0.6 is 23.2 Å². The maximum atomic E-state index is 11.4.